The lowest BCUT2D eigenvalue weighted by Gasteiger charge is -2.17. The number of alkyl halides is 3. The first-order chi connectivity index (χ1) is 19.2. The molecule has 0 aliphatic carbocycles. The van der Waals surface area contributed by atoms with E-state index in [0.29, 0.717) is 23.5 Å². The third-order valence-corrected chi connectivity index (χ3v) is 6.11. The summed E-state index contributed by atoms with van der Waals surface area (Å²) in [5, 5.41) is 14.2. The fraction of sp³-hybridized carbons (Fsp3) is 0.125. The first kappa shape index (κ1) is 28.0. The van der Waals surface area contributed by atoms with Crippen LogP contribution in [-0.4, -0.2) is 13.0 Å². The number of rotatable bonds is 9. The summed E-state index contributed by atoms with van der Waals surface area (Å²) in [5.74, 6) is 0.0446. The van der Waals surface area contributed by atoms with Crippen LogP contribution in [0.25, 0.3) is 16.8 Å². The molecule has 5 nitrogen and oxygen atoms in total. The third-order valence-electron chi connectivity index (χ3n) is 6.11. The van der Waals surface area contributed by atoms with Crippen LogP contribution in [-0.2, 0) is 24.0 Å². The van der Waals surface area contributed by atoms with Crippen molar-refractivity contribution in [2.45, 2.75) is 19.2 Å². The van der Waals surface area contributed by atoms with E-state index < -0.39 is 17.6 Å². The fourth-order valence-electron chi connectivity index (χ4n) is 4.24. The van der Waals surface area contributed by atoms with E-state index in [1.165, 1.54) is 25.3 Å². The van der Waals surface area contributed by atoms with Crippen LogP contribution in [0.5, 0.6) is 11.5 Å². The molecule has 0 spiro atoms. The van der Waals surface area contributed by atoms with Crippen LogP contribution in [0.15, 0.2) is 97.1 Å². The van der Waals surface area contributed by atoms with Crippen LogP contribution in [0.3, 0.4) is 0 Å². The molecule has 0 fully saturated rings. The number of carbonyl (C=O) groups excluding carboxylic acids is 1. The molecular weight excluding hydrogens is 517 g/mol. The van der Waals surface area contributed by atoms with Gasteiger partial charge in [-0.15, -0.1) is 6.58 Å². The van der Waals surface area contributed by atoms with Gasteiger partial charge in [0.05, 0.1) is 12.7 Å². The summed E-state index contributed by atoms with van der Waals surface area (Å²) in [7, 11) is 1.48. The van der Waals surface area contributed by atoms with E-state index in [-0.39, 0.29) is 17.9 Å². The summed E-state index contributed by atoms with van der Waals surface area (Å²) >= 11 is 0. The molecule has 0 aliphatic heterocycles. The summed E-state index contributed by atoms with van der Waals surface area (Å²) < 4.78 is 50.9. The number of carbonyl (C=O) groups is 1. The van der Waals surface area contributed by atoms with Crippen LogP contribution in [0.1, 0.15) is 22.3 Å². The van der Waals surface area contributed by atoms with Crippen molar-refractivity contribution in [2.24, 2.45) is 0 Å². The molecule has 0 saturated carbocycles. The normalized spacial score (nSPS) is 11.5. The van der Waals surface area contributed by atoms with Gasteiger partial charge in [-0.25, -0.2) is 0 Å². The summed E-state index contributed by atoms with van der Waals surface area (Å²) in [6.07, 6.45) is -1.11. The molecule has 0 radical (unpaired) electrons. The van der Waals surface area contributed by atoms with Crippen LogP contribution in [0, 0.1) is 11.3 Å². The van der Waals surface area contributed by atoms with Gasteiger partial charge < -0.3 is 14.8 Å². The number of hydrogen-bond acceptors (Lipinski definition) is 4. The highest BCUT2D eigenvalue weighted by Crippen LogP contribution is 2.36. The molecule has 0 atom stereocenters. The van der Waals surface area contributed by atoms with E-state index in [2.05, 4.69) is 11.9 Å². The van der Waals surface area contributed by atoms with Crippen LogP contribution < -0.4 is 14.8 Å². The van der Waals surface area contributed by atoms with E-state index >= 15 is 0 Å². The van der Waals surface area contributed by atoms with Gasteiger partial charge in [-0.1, -0.05) is 54.6 Å². The van der Waals surface area contributed by atoms with Crippen LogP contribution in [0.2, 0.25) is 0 Å². The molecule has 4 aromatic carbocycles. The second-order valence-electron chi connectivity index (χ2n) is 8.83. The van der Waals surface area contributed by atoms with Gasteiger partial charge in [-0.05, 0) is 64.7 Å². The van der Waals surface area contributed by atoms with E-state index in [9.17, 15) is 23.2 Å². The predicted molar refractivity (Wildman–Crippen MR) is 149 cm³/mol. The standard InChI is InChI=1S/C32H25F3N2O3/c1-3-8-23-15-21(16-25(19-36)31(38)37-27-13-7-12-26(18-27)32(33,34)35)17-29(39-2)30(23)40-20-24-11-6-10-22-9-4-5-14-28(22)24/h3-7,9-18H,1,8,20H2,2H3,(H,37,38)/b25-16+. The minimum absolute atomic E-state index is 0.0805. The Morgan fingerprint density at radius 1 is 1.02 bits per heavy atom. The summed E-state index contributed by atoms with van der Waals surface area (Å²) in [6.45, 7) is 4.09. The Morgan fingerprint density at radius 2 is 1.77 bits per heavy atom. The van der Waals surface area contributed by atoms with Gasteiger partial charge in [0.15, 0.2) is 11.5 Å². The molecule has 0 aromatic heterocycles. The number of nitriles is 1. The zero-order valence-corrected chi connectivity index (χ0v) is 21.6. The maximum Gasteiger partial charge on any atom is 0.416 e. The molecule has 8 heteroatoms. The Balaban J connectivity index is 1.62. The molecule has 1 N–H and O–H groups in total. The minimum Gasteiger partial charge on any atom is -0.493 e. The first-order valence-corrected chi connectivity index (χ1v) is 12.2. The van der Waals surface area contributed by atoms with Gasteiger partial charge in [-0.2, -0.15) is 18.4 Å². The van der Waals surface area contributed by atoms with Crippen molar-refractivity contribution in [3.63, 3.8) is 0 Å². The van der Waals surface area contributed by atoms with Crippen LogP contribution >= 0.6 is 0 Å². The lowest BCUT2D eigenvalue weighted by atomic mass is 10.0. The van der Waals surface area contributed by atoms with E-state index in [1.807, 2.05) is 48.5 Å². The highest BCUT2D eigenvalue weighted by molar-refractivity contribution is 6.09. The number of methoxy groups -OCH3 is 1. The zero-order valence-electron chi connectivity index (χ0n) is 21.6. The summed E-state index contributed by atoms with van der Waals surface area (Å²) in [4.78, 5) is 12.8. The largest absolute Gasteiger partial charge is 0.493 e. The van der Waals surface area contributed by atoms with Crippen LogP contribution in [0.4, 0.5) is 18.9 Å². The third kappa shape index (κ3) is 6.51. The van der Waals surface area contributed by atoms with Gasteiger partial charge in [0.2, 0.25) is 0 Å². The molecule has 0 heterocycles. The number of anilines is 1. The smallest absolute Gasteiger partial charge is 0.416 e. The Hall–Kier alpha value is -5.03. The molecule has 0 saturated heterocycles. The van der Waals surface area contributed by atoms with Gasteiger partial charge >= 0.3 is 6.18 Å². The van der Waals surface area contributed by atoms with Crippen molar-refractivity contribution in [3.05, 3.63) is 119 Å². The second-order valence-corrected chi connectivity index (χ2v) is 8.83. The van der Waals surface area contributed by atoms with Crippen molar-refractivity contribution in [1.82, 2.24) is 0 Å². The molecule has 202 valence electrons. The van der Waals surface area contributed by atoms with Crippen molar-refractivity contribution in [2.75, 3.05) is 12.4 Å². The lowest BCUT2D eigenvalue weighted by molar-refractivity contribution is -0.137. The highest BCUT2D eigenvalue weighted by atomic mass is 19.4. The molecule has 0 aliphatic rings. The number of nitrogens with one attached hydrogen (secondary N) is 1. The number of benzene rings is 4. The number of allylic oxidation sites excluding steroid dienone is 1. The molecule has 0 bridgehead atoms. The Bertz CT molecular complexity index is 1630. The maximum atomic E-state index is 13.0. The van der Waals surface area contributed by atoms with Crippen molar-refractivity contribution < 1.29 is 27.4 Å². The molecular formula is C32H25F3N2O3. The van der Waals surface area contributed by atoms with Crippen molar-refractivity contribution in [1.29, 1.82) is 5.26 Å². The highest BCUT2D eigenvalue weighted by Gasteiger charge is 2.30. The SMILES string of the molecule is C=CCc1cc(/C=C(\C#N)C(=O)Nc2cccc(C(F)(F)F)c2)cc(OC)c1OCc1cccc2ccccc12. The Kier molecular flexibility index (Phi) is 8.55. The topological polar surface area (TPSA) is 71.4 Å². The number of ether oxygens (including phenoxy) is 2. The van der Waals surface area contributed by atoms with Crippen molar-refractivity contribution >= 4 is 28.4 Å². The van der Waals surface area contributed by atoms with Crippen molar-refractivity contribution in [3.8, 4) is 17.6 Å². The van der Waals surface area contributed by atoms with Gasteiger partial charge in [0.1, 0.15) is 18.2 Å². The zero-order chi connectivity index (χ0) is 28.7. The number of nitrogens with zero attached hydrogens (tertiary/aromatic N) is 1. The number of amides is 1. The quantitative estimate of drug-likeness (QED) is 0.134. The summed E-state index contributed by atoms with van der Waals surface area (Å²) in [5.41, 5.74) is 0.896. The molecule has 40 heavy (non-hydrogen) atoms. The predicted octanol–water partition coefficient (Wildman–Crippen LogP) is 7.72. The summed E-state index contributed by atoms with van der Waals surface area (Å²) in [6, 6.07) is 23.4. The fourth-order valence-corrected chi connectivity index (χ4v) is 4.24. The Labute approximate surface area is 229 Å². The average Bonchev–Trinajstić information content (AvgIpc) is 2.94. The molecule has 4 rings (SSSR count). The Morgan fingerprint density at radius 3 is 2.50 bits per heavy atom. The second kappa shape index (κ2) is 12.2. The van der Waals surface area contributed by atoms with Gasteiger partial charge in [-0.3, -0.25) is 4.79 Å². The number of fused-ring (bicyclic) bond motifs is 1. The van der Waals surface area contributed by atoms with Gasteiger partial charge in [0.25, 0.3) is 5.91 Å². The lowest BCUT2D eigenvalue weighted by Crippen LogP contribution is -2.14. The van der Waals surface area contributed by atoms with E-state index in [4.69, 9.17) is 9.47 Å². The van der Waals surface area contributed by atoms with Gasteiger partial charge in [0, 0.05) is 11.3 Å². The minimum atomic E-state index is -4.57. The number of hydrogen-bond donors (Lipinski definition) is 1. The average molecular weight is 543 g/mol. The first-order valence-electron chi connectivity index (χ1n) is 12.2. The molecule has 4 aromatic rings. The molecule has 1 amide bonds. The number of halogens is 3. The molecule has 0 unspecified atom stereocenters. The van der Waals surface area contributed by atoms with E-state index in [0.717, 1.165) is 34.0 Å². The monoisotopic (exact) mass is 542 g/mol. The maximum absolute atomic E-state index is 13.0. The van der Waals surface area contributed by atoms with E-state index in [1.54, 1.807) is 18.2 Å².